The van der Waals surface area contributed by atoms with Crippen LogP contribution in [0.3, 0.4) is 0 Å². The van der Waals surface area contributed by atoms with Crippen LogP contribution in [0.5, 0.6) is 0 Å². The molecule has 0 fully saturated rings. The van der Waals surface area contributed by atoms with Gasteiger partial charge in [0.1, 0.15) is 5.76 Å². The Morgan fingerprint density at radius 3 is 2.31 bits per heavy atom. The Kier molecular flexibility index (Phi) is 6.39. The van der Waals surface area contributed by atoms with Crippen molar-refractivity contribution < 1.29 is 9.53 Å². The van der Waals surface area contributed by atoms with Gasteiger partial charge in [-0.05, 0) is 37.2 Å². The Morgan fingerprint density at radius 1 is 1.31 bits per heavy atom. The van der Waals surface area contributed by atoms with E-state index in [9.17, 15) is 4.79 Å². The lowest BCUT2D eigenvalue weighted by molar-refractivity contribution is -0.136. The van der Waals surface area contributed by atoms with Crippen molar-refractivity contribution in [1.29, 1.82) is 0 Å². The topological polar surface area (TPSA) is 26.3 Å². The first kappa shape index (κ1) is 15.2. The van der Waals surface area contributed by atoms with Gasteiger partial charge in [-0.15, -0.1) is 0 Å². The molecule has 0 amide bonds. The molecule has 1 atom stereocenters. The zero-order valence-corrected chi connectivity index (χ0v) is 11.6. The van der Waals surface area contributed by atoms with Crippen LogP contribution in [-0.2, 0) is 9.53 Å². The second-order valence-electron chi connectivity index (χ2n) is 5.80. The average molecular weight is 226 g/mol. The Morgan fingerprint density at radius 2 is 1.88 bits per heavy atom. The fourth-order valence-corrected chi connectivity index (χ4v) is 1.70. The van der Waals surface area contributed by atoms with Gasteiger partial charge in [0.2, 0.25) is 0 Å². The van der Waals surface area contributed by atoms with Crippen LogP contribution in [0.25, 0.3) is 0 Å². The van der Waals surface area contributed by atoms with E-state index in [1.807, 2.05) is 13.0 Å². The molecule has 0 aromatic heterocycles. The molecule has 0 N–H and O–H groups in total. The highest BCUT2D eigenvalue weighted by Gasteiger charge is 2.10. The van der Waals surface area contributed by atoms with Gasteiger partial charge in [-0.1, -0.05) is 34.1 Å². The van der Waals surface area contributed by atoms with E-state index in [4.69, 9.17) is 4.74 Å². The summed E-state index contributed by atoms with van der Waals surface area (Å²) in [7, 11) is 0. The predicted molar refractivity (Wildman–Crippen MR) is 68.0 cm³/mol. The maximum Gasteiger partial charge on any atom is 0.307 e. The number of ether oxygens (including phenoxy) is 1. The molecular formula is C14H26O2. The van der Waals surface area contributed by atoms with Crippen LogP contribution in [0.4, 0.5) is 0 Å². The minimum absolute atomic E-state index is 0.240. The van der Waals surface area contributed by atoms with Gasteiger partial charge >= 0.3 is 5.97 Å². The highest BCUT2D eigenvalue weighted by molar-refractivity contribution is 5.67. The van der Waals surface area contributed by atoms with E-state index >= 15 is 0 Å². The first-order chi connectivity index (χ1) is 7.20. The lowest BCUT2D eigenvalue weighted by atomic mass is 9.88. The third kappa shape index (κ3) is 9.75. The van der Waals surface area contributed by atoms with Crippen molar-refractivity contribution in [2.24, 2.45) is 11.3 Å². The van der Waals surface area contributed by atoms with Crippen LogP contribution in [0, 0.1) is 11.3 Å². The summed E-state index contributed by atoms with van der Waals surface area (Å²) in [4.78, 5) is 10.7. The fourth-order valence-electron chi connectivity index (χ4n) is 1.70. The summed E-state index contributed by atoms with van der Waals surface area (Å²) in [5.41, 5.74) is 0.411. The van der Waals surface area contributed by atoms with E-state index in [1.54, 1.807) is 0 Å². The SMILES string of the molecule is CC(=O)O/C(C)=C\[C@@H](C)CCCC(C)(C)C. The minimum Gasteiger partial charge on any atom is -0.432 e. The third-order valence-electron chi connectivity index (χ3n) is 2.41. The number of carbonyl (C=O) groups is 1. The van der Waals surface area contributed by atoms with Crippen molar-refractivity contribution in [1.82, 2.24) is 0 Å². The molecule has 0 rings (SSSR count). The number of rotatable bonds is 5. The Balaban J connectivity index is 3.89. The molecule has 2 heteroatoms. The first-order valence-electron chi connectivity index (χ1n) is 6.07. The smallest absolute Gasteiger partial charge is 0.307 e. The number of esters is 1. The third-order valence-corrected chi connectivity index (χ3v) is 2.41. The van der Waals surface area contributed by atoms with Crippen LogP contribution in [-0.4, -0.2) is 5.97 Å². The van der Waals surface area contributed by atoms with Gasteiger partial charge in [0.15, 0.2) is 0 Å². The number of carbonyl (C=O) groups excluding carboxylic acids is 1. The average Bonchev–Trinajstić information content (AvgIpc) is 1.98. The second-order valence-corrected chi connectivity index (χ2v) is 5.80. The van der Waals surface area contributed by atoms with Crippen LogP contribution in [0.2, 0.25) is 0 Å². The van der Waals surface area contributed by atoms with E-state index in [0.717, 1.165) is 12.2 Å². The number of hydrogen-bond acceptors (Lipinski definition) is 2. The van der Waals surface area contributed by atoms with Gasteiger partial charge in [0.25, 0.3) is 0 Å². The molecule has 0 bridgehead atoms. The molecule has 94 valence electrons. The van der Waals surface area contributed by atoms with Crippen molar-refractivity contribution in [3.63, 3.8) is 0 Å². The molecule has 2 nitrogen and oxygen atoms in total. The van der Waals surface area contributed by atoms with Crippen LogP contribution >= 0.6 is 0 Å². The number of allylic oxidation sites excluding steroid dienone is 2. The quantitative estimate of drug-likeness (QED) is 0.516. The predicted octanol–water partition coefficient (Wildman–Crippen LogP) is 4.31. The molecule has 0 saturated carbocycles. The normalized spacial score (nSPS) is 14.8. The zero-order chi connectivity index (χ0) is 12.8. The minimum atomic E-state index is -0.240. The second kappa shape index (κ2) is 6.72. The first-order valence-corrected chi connectivity index (χ1v) is 6.07. The van der Waals surface area contributed by atoms with E-state index in [0.29, 0.717) is 11.3 Å². The molecule has 0 radical (unpaired) electrons. The Bertz CT molecular complexity index is 246. The van der Waals surface area contributed by atoms with E-state index < -0.39 is 0 Å². The summed E-state index contributed by atoms with van der Waals surface area (Å²) in [5.74, 6) is 0.952. The van der Waals surface area contributed by atoms with Gasteiger partial charge in [0.05, 0.1) is 0 Å². The van der Waals surface area contributed by atoms with E-state index in [-0.39, 0.29) is 5.97 Å². The molecule has 0 unspecified atom stereocenters. The lowest BCUT2D eigenvalue weighted by Crippen LogP contribution is -2.05. The van der Waals surface area contributed by atoms with E-state index in [1.165, 1.54) is 19.8 Å². The van der Waals surface area contributed by atoms with Crippen LogP contribution < -0.4 is 0 Å². The Hall–Kier alpha value is -0.790. The summed E-state index contributed by atoms with van der Waals surface area (Å²) in [6.07, 6.45) is 5.63. The van der Waals surface area contributed by atoms with Gasteiger partial charge in [0, 0.05) is 6.92 Å². The molecule has 16 heavy (non-hydrogen) atoms. The summed E-state index contributed by atoms with van der Waals surface area (Å²) in [6.45, 7) is 12.2. The van der Waals surface area contributed by atoms with Gasteiger partial charge in [-0.2, -0.15) is 0 Å². The molecular weight excluding hydrogens is 200 g/mol. The molecule has 0 saturated heterocycles. The van der Waals surface area contributed by atoms with Gasteiger partial charge in [-0.3, -0.25) is 4.79 Å². The summed E-state index contributed by atoms with van der Waals surface area (Å²) >= 11 is 0. The number of hydrogen-bond donors (Lipinski definition) is 0. The van der Waals surface area contributed by atoms with E-state index in [2.05, 4.69) is 27.7 Å². The lowest BCUT2D eigenvalue weighted by Gasteiger charge is -2.18. The highest BCUT2D eigenvalue weighted by Crippen LogP contribution is 2.23. The van der Waals surface area contributed by atoms with Crippen LogP contribution in [0.1, 0.15) is 60.8 Å². The van der Waals surface area contributed by atoms with Crippen molar-refractivity contribution in [2.45, 2.75) is 60.8 Å². The Labute approximate surface area is 100 Å². The van der Waals surface area contributed by atoms with Crippen molar-refractivity contribution in [2.75, 3.05) is 0 Å². The van der Waals surface area contributed by atoms with Gasteiger partial charge in [-0.25, -0.2) is 0 Å². The summed E-state index contributed by atoms with van der Waals surface area (Å²) in [6, 6.07) is 0. The fraction of sp³-hybridized carbons (Fsp3) is 0.786. The van der Waals surface area contributed by atoms with Crippen LogP contribution in [0.15, 0.2) is 11.8 Å². The molecule has 0 aromatic carbocycles. The molecule has 0 aromatic rings. The molecule has 0 aliphatic rings. The van der Waals surface area contributed by atoms with Crippen molar-refractivity contribution >= 4 is 5.97 Å². The molecule has 0 aliphatic heterocycles. The highest BCUT2D eigenvalue weighted by atomic mass is 16.5. The van der Waals surface area contributed by atoms with Crippen molar-refractivity contribution in [3.8, 4) is 0 Å². The van der Waals surface area contributed by atoms with Gasteiger partial charge < -0.3 is 4.74 Å². The molecule has 0 aliphatic carbocycles. The molecule has 0 heterocycles. The maximum absolute atomic E-state index is 10.7. The largest absolute Gasteiger partial charge is 0.432 e. The standard InChI is InChI=1S/C14H26O2/c1-11(8-7-9-14(4,5)6)10-12(2)16-13(3)15/h10-11H,7-9H2,1-6H3/b12-10-/t11-/m0/s1. The zero-order valence-electron chi connectivity index (χ0n) is 11.6. The molecule has 0 spiro atoms. The summed E-state index contributed by atoms with van der Waals surface area (Å²) < 4.78 is 4.99. The monoisotopic (exact) mass is 226 g/mol. The maximum atomic E-state index is 10.7. The van der Waals surface area contributed by atoms with Crippen molar-refractivity contribution in [3.05, 3.63) is 11.8 Å². The summed E-state index contributed by atoms with van der Waals surface area (Å²) in [5, 5.41) is 0.